The number of methoxy groups -OCH3 is 2. The molecule has 3 N–H and O–H groups in total. The molecule has 0 aromatic heterocycles. The normalized spacial score (nSPS) is 10.8. The molecule has 34 heavy (non-hydrogen) atoms. The molecule has 0 radical (unpaired) electrons. The van der Waals surface area contributed by atoms with Crippen molar-refractivity contribution in [2.45, 2.75) is 18.7 Å². The Morgan fingerprint density at radius 2 is 1.59 bits per heavy atom. The summed E-state index contributed by atoms with van der Waals surface area (Å²) in [7, 11) is -0.933. The van der Waals surface area contributed by atoms with E-state index in [-0.39, 0.29) is 21.3 Å². The summed E-state index contributed by atoms with van der Waals surface area (Å²) in [6.45, 7) is 3.61. The van der Waals surface area contributed by atoms with E-state index in [1.54, 1.807) is 43.3 Å². The second kappa shape index (κ2) is 10.5. The third-order valence-electron chi connectivity index (χ3n) is 5.03. The first-order valence-electron chi connectivity index (χ1n) is 10.2. The summed E-state index contributed by atoms with van der Waals surface area (Å²) >= 11 is 5.29. The number of para-hydroxylation sites is 2. The van der Waals surface area contributed by atoms with Gasteiger partial charge in [-0.15, -0.1) is 0 Å². The minimum atomic E-state index is -3.84. The molecule has 178 valence electrons. The van der Waals surface area contributed by atoms with Crippen molar-refractivity contribution in [3.8, 4) is 11.5 Å². The van der Waals surface area contributed by atoms with Crippen LogP contribution in [-0.4, -0.2) is 33.7 Å². The number of benzene rings is 3. The van der Waals surface area contributed by atoms with E-state index >= 15 is 0 Å². The summed E-state index contributed by atoms with van der Waals surface area (Å²) in [5.41, 5.74) is 2.71. The lowest BCUT2D eigenvalue weighted by molar-refractivity contribution is 0.0974. The standard InChI is InChI=1S/C24H25N3O5S2/c1-15-8-5-6-10-19(15)27-34(29,30)17-13-12-16(2)20(14-17)25-24(33)26-23(28)18-9-7-11-21(31-3)22(18)32-4/h5-14,27H,1-4H3,(H2,25,26,28,33). The first kappa shape index (κ1) is 25.0. The van der Waals surface area contributed by atoms with Gasteiger partial charge in [-0.3, -0.25) is 14.8 Å². The van der Waals surface area contributed by atoms with Crippen LogP contribution >= 0.6 is 12.2 Å². The van der Waals surface area contributed by atoms with E-state index in [9.17, 15) is 13.2 Å². The second-order valence-corrected chi connectivity index (χ2v) is 9.44. The molecule has 0 unspecified atom stereocenters. The lowest BCUT2D eigenvalue weighted by Gasteiger charge is -2.16. The SMILES string of the molecule is COc1cccc(C(=O)NC(=S)Nc2cc(S(=O)(=O)Nc3ccccc3C)ccc2C)c1OC. The van der Waals surface area contributed by atoms with E-state index in [4.69, 9.17) is 21.7 Å². The van der Waals surface area contributed by atoms with Crippen molar-refractivity contribution in [1.82, 2.24) is 5.32 Å². The average molecular weight is 500 g/mol. The monoisotopic (exact) mass is 499 g/mol. The molecule has 3 rings (SSSR count). The highest BCUT2D eigenvalue weighted by Gasteiger charge is 2.19. The van der Waals surface area contributed by atoms with E-state index in [0.29, 0.717) is 17.1 Å². The molecule has 1 amide bonds. The van der Waals surface area contributed by atoms with E-state index in [1.165, 1.54) is 26.4 Å². The number of aryl methyl sites for hydroxylation is 2. The first-order chi connectivity index (χ1) is 16.2. The predicted molar refractivity (Wildman–Crippen MR) is 136 cm³/mol. The minimum absolute atomic E-state index is 0.000570. The van der Waals surface area contributed by atoms with Crippen molar-refractivity contribution in [3.05, 3.63) is 77.4 Å². The van der Waals surface area contributed by atoms with Crippen molar-refractivity contribution in [3.63, 3.8) is 0 Å². The number of thiocarbonyl (C=S) groups is 1. The van der Waals surface area contributed by atoms with Gasteiger partial charge in [0.1, 0.15) is 0 Å². The highest BCUT2D eigenvalue weighted by atomic mass is 32.2. The number of rotatable bonds is 7. The maximum atomic E-state index is 12.9. The Labute approximate surface area is 204 Å². The summed E-state index contributed by atoms with van der Waals surface area (Å²) in [6, 6.07) is 16.6. The van der Waals surface area contributed by atoms with Crippen LogP contribution in [0.1, 0.15) is 21.5 Å². The maximum absolute atomic E-state index is 12.9. The van der Waals surface area contributed by atoms with Gasteiger partial charge in [-0.1, -0.05) is 30.3 Å². The van der Waals surface area contributed by atoms with E-state index < -0.39 is 15.9 Å². The molecule has 0 fully saturated rings. The third-order valence-corrected chi connectivity index (χ3v) is 6.60. The fourth-order valence-corrected chi connectivity index (χ4v) is 4.54. The van der Waals surface area contributed by atoms with Crippen LogP contribution in [0.15, 0.2) is 65.6 Å². The number of carbonyl (C=O) groups is 1. The predicted octanol–water partition coefficient (Wildman–Crippen LogP) is 4.25. The number of carbonyl (C=O) groups excluding carboxylic acids is 1. The molecule has 3 aromatic rings. The molecular weight excluding hydrogens is 474 g/mol. The Bertz CT molecular complexity index is 1340. The lowest BCUT2D eigenvalue weighted by Crippen LogP contribution is -2.34. The van der Waals surface area contributed by atoms with Gasteiger partial charge in [0.05, 0.1) is 30.4 Å². The van der Waals surface area contributed by atoms with Gasteiger partial charge in [0.15, 0.2) is 16.6 Å². The maximum Gasteiger partial charge on any atom is 0.261 e. The van der Waals surface area contributed by atoms with Crippen LogP contribution < -0.4 is 24.8 Å². The summed E-state index contributed by atoms with van der Waals surface area (Å²) in [5.74, 6) is 0.177. The molecule has 0 aliphatic heterocycles. The minimum Gasteiger partial charge on any atom is -0.493 e. The summed E-state index contributed by atoms with van der Waals surface area (Å²) < 4.78 is 39.0. The number of anilines is 2. The average Bonchev–Trinajstić information content (AvgIpc) is 2.81. The molecule has 0 spiro atoms. The molecule has 0 saturated heterocycles. The fourth-order valence-electron chi connectivity index (χ4n) is 3.18. The molecule has 0 heterocycles. The Kier molecular flexibility index (Phi) is 7.75. The zero-order chi connectivity index (χ0) is 24.9. The van der Waals surface area contributed by atoms with E-state index in [0.717, 1.165) is 11.1 Å². The van der Waals surface area contributed by atoms with Gasteiger partial charge in [0.25, 0.3) is 15.9 Å². The Balaban J connectivity index is 1.79. The Morgan fingerprint density at radius 1 is 0.882 bits per heavy atom. The van der Waals surface area contributed by atoms with Crippen molar-refractivity contribution in [2.75, 3.05) is 24.3 Å². The van der Waals surface area contributed by atoms with E-state index in [2.05, 4.69) is 15.4 Å². The van der Waals surface area contributed by atoms with Crippen LogP contribution in [-0.2, 0) is 10.0 Å². The van der Waals surface area contributed by atoms with Crippen LogP contribution in [0.3, 0.4) is 0 Å². The van der Waals surface area contributed by atoms with Crippen molar-refractivity contribution in [2.24, 2.45) is 0 Å². The van der Waals surface area contributed by atoms with Crippen molar-refractivity contribution in [1.29, 1.82) is 0 Å². The summed E-state index contributed by atoms with van der Waals surface area (Å²) in [6.07, 6.45) is 0. The van der Waals surface area contributed by atoms with Gasteiger partial charge in [-0.25, -0.2) is 8.42 Å². The first-order valence-corrected chi connectivity index (χ1v) is 12.1. The van der Waals surface area contributed by atoms with Gasteiger partial charge in [-0.05, 0) is 67.5 Å². The zero-order valence-corrected chi connectivity index (χ0v) is 20.8. The molecule has 0 saturated carbocycles. The number of ether oxygens (including phenoxy) is 2. The largest absolute Gasteiger partial charge is 0.493 e. The lowest BCUT2D eigenvalue weighted by atomic mass is 10.1. The summed E-state index contributed by atoms with van der Waals surface area (Å²) in [4.78, 5) is 12.8. The van der Waals surface area contributed by atoms with Gasteiger partial charge >= 0.3 is 0 Å². The number of hydrogen-bond donors (Lipinski definition) is 3. The van der Waals surface area contributed by atoms with Crippen LogP contribution in [0.25, 0.3) is 0 Å². The number of amides is 1. The van der Waals surface area contributed by atoms with E-state index in [1.807, 2.05) is 19.1 Å². The number of hydrogen-bond acceptors (Lipinski definition) is 6. The highest BCUT2D eigenvalue weighted by molar-refractivity contribution is 7.92. The molecular formula is C24H25N3O5S2. The Morgan fingerprint density at radius 3 is 2.26 bits per heavy atom. The number of nitrogens with one attached hydrogen (secondary N) is 3. The van der Waals surface area contributed by atoms with Crippen molar-refractivity contribution < 1.29 is 22.7 Å². The zero-order valence-electron chi connectivity index (χ0n) is 19.1. The smallest absolute Gasteiger partial charge is 0.261 e. The molecule has 0 bridgehead atoms. The molecule has 0 aliphatic carbocycles. The van der Waals surface area contributed by atoms with Gasteiger partial charge in [-0.2, -0.15) is 0 Å². The van der Waals surface area contributed by atoms with Gasteiger partial charge in [0.2, 0.25) is 0 Å². The van der Waals surface area contributed by atoms with Crippen LogP contribution in [0.2, 0.25) is 0 Å². The number of sulfonamides is 1. The molecule has 10 heteroatoms. The van der Waals surface area contributed by atoms with Crippen molar-refractivity contribution >= 4 is 44.6 Å². The quantitative estimate of drug-likeness (QED) is 0.418. The molecule has 3 aromatic carbocycles. The molecule has 0 atom stereocenters. The Hall–Kier alpha value is -3.63. The third kappa shape index (κ3) is 5.64. The highest BCUT2D eigenvalue weighted by Crippen LogP contribution is 2.30. The van der Waals surface area contributed by atoms with Crippen LogP contribution in [0.5, 0.6) is 11.5 Å². The molecule has 0 aliphatic rings. The fraction of sp³-hybridized carbons (Fsp3) is 0.167. The van der Waals surface area contributed by atoms with Crippen LogP contribution in [0, 0.1) is 13.8 Å². The van der Waals surface area contributed by atoms with Gasteiger partial charge in [0, 0.05) is 5.69 Å². The second-order valence-electron chi connectivity index (χ2n) is 7.35. The molecule has 8 nitrogen and oxygen atoms in total. The topological polar surface area (TPSA) is 106 Å². The van der Waals surface area contributed by atoms with Crippen LogP contribution in [0.4, 0.5) is 11.4 Å². The summed E-state index contributed by atoms with van der Waals surface area (Å²) in [5, 5.41) is 5.48. The van der Waals surface area contributed by atoms with Gasteiger partial charge < -0.3 is 14.8 Å².